The van der Waals surface area contributed by atoms with E-state index in [9.17, 15) is 0 Å². The van der Waals surface area contributed by atoms with Crippen molar-refractivity contribution in [1.29, 1.82) is 0 Å². The van der Waals surface area contributed by atoms with E-state index in [1.165, 1.54) is 0 Å². The van der Waals surface area contributed by atoms with Gasteiger partial charge in [0.05, 0.1) is 7.11 Å². The van der Waals surface area contributed by atoms with E-state index in [1.54, 1.807) is 7.11 Å². The minimum atomic E-state index is 0.710. The van der Waals surface area contributed by atoms with E-state index in [1.807, 2.05) is 48.5 Å². The summed E-state index contributed by atoms with van der Waals surface area (Å²) in [5, 5.41) is 0. The zero-order valence-corrected chi connectivity index (χ0v) is 9.14. The van der Waals surface area contributed by atoms with Crippen LogP contribution in [0.25, 0.3) is 0 Å². The molecule has 0 amide bonds. The van der Waals surface area contributed by atoms with Crippen LogP contribution in [0, 0.1) is 6.92 Å². The monoisotopic (exact) mass is 213 g/mol. The fourth-order valence-electron chi connectivity index (χ4n) is 1.39. The quantitative estimate of drug-likeness (QED) is 0.774. The van der Waals surface area contributed by atoms with Crippen LogP contribution in [0.1, 0.15) is 5.56 Å². The lowest BCUT2D eigenvalue weighted by Crippen LogP contribution is -1.89. The van der Waals surface area contributed by atoms with Crippen molar-refractivity contribution in [3.8, 4) is 17.2 Å². The highest BCUT2D eigenvalue weighted by Crippen LogP contribution is 2.30. The normalized spacial score (nSPS) is 9.88. The minimum Gasteiger partial charge on any atom is -0.493 e. The molecule has 0 atom stereocenters. The van der Waals surface area contributed by atoms with Crippen LogP contribution in [0.2, 0.25) is 0 Å². The van der Waals surface area contributed by atoms with Crippen molar-refractivity contribution in [2.24, 2.45) is 0 Å². The first-order valence-corrected chi connectivity index (χ1v) is 5.02. The lowest BCUT2D eigenvalue weighted by atomic mass is 10.2. The molecule has 0 aliphatic carbocycles. The van der Waals surface area contributed by atoms with Gasteiger partial charge in [0, 0.05) is 0 Å². The third kappa shape index (κ3) is 2.34. The molecule has 2 aromatic rings. The Morgan fingerprint density at radius 3 is 2.12 bits per heavy atom. The largest absolute Gasteiger partial charge is 0.493 e. The summed E-state index contributed by atoms with van der Waals surface area (Å²) in [6.45, 7) is 3.82. The Morgan fingerprint density at radius 2 is 1.50 bits per heavy atom. The Hall–Kier alpha value is -1.96. The van der Waals surface area contributed by atoms with Gasteiger partial charge in [-0.15, -0.1) is 0 Å². The van der Waals surface area contributed by atoms with Crippen molar-refractivity contribution in [3.63, 3.8) is 0 Å². The molecule has 81 valence electrons. The van der Waals surface area contributed by atoms with Gasteiger partial charge in [0.1, 0.15) is 5.75 Å². The van der Waals surface area contributed by atoms with E-state index in [4.69, 9.17) is 9.47 Å². The van der Waals surface area contributed by atoms with E-state index < -0.39 is 0 Å². The van der Waals surface area contributed by atoms with Crippen LogP contribution in [0.15, 0.2) is 48.5 Å². The molecule has 16 heavy (non-hydrogen) atoms. The SMILES string of the molecule is [CH2]c1ccc(Oc2ccccc2OC)cc1. The zero-order valence-electron chi connectivity index (χ0n) is 9.14. The predicted octanol–water partition coefficient (Wildman–Crippen LogP) is 3.67. The molecule has 0 aliphatic heterocycles. The van der Waals surface area contributed by atoms with Crippen molar-refractivity contribution in [2.45, 2.75) is 0 Å². The summed E-state index contributed by atoms with van der Waals surface area (Å²) in [4.78, 5) is 0. The lowest BCUT2D eigenvalue weighted by Gasteiger charge is -2.09. The summed E-state index contributed by atoms with van der Waals surface area (Å²) in [6.07, 6.45) is 0. The Labute approximate surface area is 95.4 Å². The molecule has 2 heteroatoms. The molecule has 0 aliphatic rings. The fourth-order valence-corrected chi connectivity index (χ4v) is 1.39. The summed E-state index contributed by atoms with van der Waals surface area (Å²) in [7, 11) is 1.63. The number of rotatable bonds is 3. The number of para-hydroxylation sites is 2. The predicted molar refractivity (Wildman–Crippen MR) is 64.0 cm³/mol. The van der Waals surface area contributed by atoms with Gasteiger partial charge < -0.3 is 9.47 Å². The molecule has 0 unspecified atom stereocenters. The van der Waals surface area contributed by atoms with Crippen LogP contribution < -0.4 is 9.47 Å². The Morgan fingerprint density at radius 1 is 0.875 bits per heavy atom. The van der Waals surface area contributed by atoms with Crippen molar-refractivity contribution in [2.75, 3.05) is 7.11 Å². The second kappa shape index (κ2) is 4.71. The molecule has 0 saturated heterocycles. The highest BCUT2D eigenvalue weighted by molar-refractivity contribution is 5.43. The second-order valence-electron chi connectivity index (χ2n) is 3.40. The molecule has 2 aromatic carbocycles. The van der Waals surface area contributed by atoms with Gasteiger partial charge in [-0.25, -0.2) is 0 Å². The van der Waals surface area contributed by atoms with Gasteiger partial charge in [-0.1, -0.05) is 24.3 Å². The van der Waals surface area contributed by atoms with Gasteiger partial charge in [-0.05, 0) is 36.8 Å². The first kappa shape index (κ1) is 10.6. The van der Waals surface area contributed by atoms with E-state index >= 15 is 0 Å². The van der Waals surface area contributed by atoms with Crippen LogP contribution in [0.5, 0.6) is 17.2 Å². The molecule has 0 saturated carbocycles. The van der Waals surface area contributed by atoms with Crippen molar-refractivity contribution in [1.82, 2.24) is 0 Å². The first-order chi connectivity index (χ1) is 7.79. The molecular formula is C14H13O2. The average Bonchev–Trinajstić information content (AvgIpc) is 2.33. The lowest BCUT2D eigenvalue weighted by molar-refractivity contribution is 0.379. The molecule has 2 nitrogen and oxygen atoms in total. The van der Waals surface area contributed by atoms with Crippen molar-refractivity contribution >= 4 is 0 Å². The summed E-state index contributed by atoms with van der Waals surface area (Å²) in [5.74, 6) is 2.21. The minimum absolute atomic E-state index is 0.710. The number of benzene rings is 2. The summed E-state index contributed by atoms with van der Waals surface area (Å²) >= 11 is 0. The van der Waals surface area contributed by atoms with E-state index in [2.05, 4.69) is 6.92 Å². The number of methoxy groups -OCH3 is 1. The highest BCUT2D eigenvalue weighted by Gasteiger charge is 2.03. The maximum Gasteiger partial charge on any atom is 0.169 e. The highest BCUT2D eigenvalue weighted by atomic mass is 16.5. The van der Waals surface area contributed by atoms with Gasteiger partial charge >= 0.3 is 0 Å². The first-order valence-electron chi connectivity index (χ1n) is 5.02. The summed E-state index contributed by atoms with van der Waals surface area (Å²) < 4.78 is 10.9. The third-order valence-corrected chi connectivity index (χ3v) is 2.22. The molecule has 0 heterocycles. The van der Waals surface area contributed by atoms with Crippen molar-refractivity contribution in [3.05, 3.63) is 61.0 Å². The van der Waals surface area contributed by atoms with Crippen LogP contribution in [0.3, 0.4) is 0 Å². The molecule has 0 spiro atoms. The zero-order chi connectivity index (χ0) is 11.4. The third-order valence-electron chi connectivity index (χ3n) is 2.22. The molecule has 0 N–H and O–H groups in total. The molecule has 0 fully saturated rings. The Kier molecular flexibility index (Phi) is 3.10. The van der Waals surface area contributed by atoms with Crippen LogP contribution in [-0.4, -0.2) is 7.11 Å². The molecular weight excluding hydrogens is 200 g/mol. The van der Waals surface area contributed by atoms with Crippen LogP contribution >= 0.6 is 0 Å². The maximum atomic E-state index is 5.70. The number of ether oxygens (including phenoxy) is 2. The van der Waals surface area contributed by atoms with Crippen LogP contribution in [0.4, 0.5) is 0 Å². The summed E-state index contributed by atoms with van der Waals surface area (Å²) in [5.41, 5.74) is 0.965. The fraction of sp³-hybridized carbons (Fsp3) is 0.0714. The molecule has 0 aromatic heterocycles. The van der Waals surface area contributed by atoms with Gasteiger partial charge in [-0.3, -0.25) is 0 Å². The van der Waals surface area contributed by atoms with Gasteiger partial charge in [0.25, 0.3) is 0 Å². The Balaban J connectivity index is 2.23. The standard InChI is InChI=1S/C14H13O2/c1-11-7-9-12(10-8-11)16-14-6-4-3-5-13(14)15-2/h3-10H,1H2,2H3. The van der Waals surface area contributed by atoms with E-state index in [-0.39, 0.29) is 0 Å². The second-order valence-corrected chi connectivity index (χ2v) is 3.40. The van der Waals surface area contributed by atoms with Crippen molar-refractivity contribution < 1.29 is 9.47 Å². The molecule has 1 radical (unpaired) electrons. The number of hydrogen-bond acceptors (Lipinski definition) is 2. The van der Waals surface area contributed by atoms with Crippen LogP contribution in [-0.2, 0) is 0 Å². The number of hydrogen-bond donors (Lipinski definition) is 0. The maximum absolute atomic E-state index is 5.70. The smallest absolute Gasteiger partial charge is 0.169 e. The van der Waals surface area contributed by atoms with Gasteiger partial charge in [-0.2, -0.15) is 0 Å². The average molecular weight is 213 g/mol. The topological polar surface area (TPSA) is 18.5 Å². The van der Waals surface area contributed by atoms with E-state index in [0.29, 0.717) is 5.75 Å². The van der Waals surface area contributed by atoms with Gasteiger partial charge in [0.15, 0.2) is 11.5 Å². The molecule has 2 rings (SSSR count). The summed E-state index contributed by atoms with van der Waals surface area (Å²) in [6, 6.07) is 15.1. The van der Waals surface area contributed by atoms with Gasteiger partial charge in [0.2, 0.25) is 0 Å². The molecule has 0 bridgehead atoms. The van der Waals surface area contributed by atoms with E-state index in [0.717, 1.165) is 17.1 Å². The Bertz CT molecular complexity index is 460.